The van der Waals surface area contributed by atoms with E-state index in [1.165, 1.54) is 32.1 Å². The fourth-order valence-corrected chi connectivity index (χ4v) is 3.66. The maximum atomic E-state index is 12.2. The Morgan fingerprint density at radius 3 is 2.73 bits per heavy atom. The molecule has 1 aromatic heterocycles. The van der Waals surface area contributed by atoms with Gasteiger partial charge in [0.25, 0.3) is 5.91 Å². The van der Waals surface area contributed by atoms with Crippen LogP contribution in [0.1, 0.15) is 55.3 Å². The van der Waals surface area contributed by atoms with Gasteiger partial charge in [-0.05, 0) is 55.8 Å². The van der Waals surface area contributed by atoms with Crippen LogP contribution in [-0.4, -0.2) is 43.1 Å². The van der Waals surface area contributed by atoms with Gasteiger partial charge < -0.3 is 20.9 Å². The average molecular weight is 357 g/mol. The van der Waals surface area contributed by atoms with Gasteiger partial charge in [-0.25, -0.2) is 0 Å². The molecule has 5 heteroatoms. The monoisotopic (exact) mass is 356 g/mol. The molecule has 0 aliphatic heterocycles. The van der Waals surface area contributed by atoms with Crippen LogP contribution in [0.5, 0.6) is 0 Å². The summed E-state index contributed by atoms with van der Waals surface area (Å²) in [6, 6.07) is 8.52. The molecule has 1 saturated carbocycles. The van der Waals surface area contributed by atoms with Crippen molar-refractivity contribution in [3.63, 3.8) is 0 Å². The zero-order valence-electron chi connectivity index (χ0n) is 15.7. The fourth-order valence-electron chi connectivity index (χ4n) is 3.66. The van der Waals surface area contributed by atoms with Crippen molar-refractivity contribution in [2.24, 2.45) is 0 Å². The summed E-state index contributed by atoms with van der Waals surface area (Å²) in [6.07, 6.45) is 10.8. The fraction of sp³-hybridized carbons (Fsp3) is 0.571. The van der Waals surface area contributed by atoms with Gasteiger partial charge in [0.1, 0.15) is 0 Å². The molecule has 1 aliphatic rings. The van der Waals surface area contributed by atoms with Crippen LogP contribution in [0.25, 0.3) is 10.9 Å². The number of carbonyl (C=O) groups is 1. The predicted molar refractivity (Wildman–Crippen MR) is 108 cm³/mol. The zero-order valence-corrected chi connectivity index (χ0v) is 15.7. The highest BCUT2D eigenvalue weighted by Crippen LogP contribution is 2.17. The summed E-state index contributed by atoms with van der Waals surface area (Å²) in [7, 11) is 0. The number of aromatic nitrogens is 1. The molecule has 5 nitrogen and oxygen atoms in total. The molecule has 0 spiro atoms. The van der Waals surface area contributed by atoms with Gasteiger partial charge in [0, 0.05) is 43.0 Å². The lowest BCUT2D eigenvalue weighted by Gasteiger charge is -2.22. The number of benzene rings is 1. The van der Waals surface area contributed by atoms with Crippen molar-refractivity contribution in [2.45, 2.75) is 51.0 Å². The van der Waals surface area contributed by atoms with Crippen LogP contribution in [0, 0.1) is 0 Å². The van der Waals surface area contributed by atoms with Crippen molar-refractivity contribution in [1.29, 1.82) is 0 Å². The summed E-state index contributed by atoms with van der Waals surface area (Å²) in [5.41, 5.74) is 1.72. The van der Waals surface area contributed by atoms with E-state index < -0.39 is 0 Å². The molecule has 142 valence electrons. The number of rotatable bonds is 10. The number of hydrogen-bond acceptors (Lipinski definition) is 3. The first-order valence-corrected chi connectivity index (χ1v) is 10.1. The number of nitrogens with one attached hydrogen (secondary N) is 4. The van der Waals surface area contributed by atoms with Gasteiger partial charge in [-0.1, -0.05) is 25.3 Å². The van der Waals surface area contributed by atoms with Gasteiger partial charge in [-0.2, -0.15) is 0 Å². The zero-order chi connectivity index (χ0) is 18.0. The van der Waals surface area contributed by atoms with Crippen molar-refractivity contribution < 1.29 is 4.79 Å². The number of aromatic amines is 1. The van der Waals surface area contributed by atoms with E-state index in [0.717, 1.165) is 56.0 Å². The van der Waals surface area contributed by atoms with Gasteiger partial charge >= 0.3 is 0 Å². The van der Waals surface area contributed by atoms with Gasteiger partial charge in [0.2, 0.25) is 0 Å². The first kappa shape index (κ1) is 18.9. The topological polar surface area (TPSA) is 69.0 Å². The Morgan fingerprint density at radius 1 is 1.00 bits per heavy atom. The minimum atomic E-state index is 0.00569. The molecule has 0 saturated heterocycles. The second-order valence-corrected chi connectivity index (χ2v) is 7.28. The smallest absolute Gasteiger partial charge is 0.251 e. The van der Waals surface area contributed by atoms with E-state index in [1.54, 1.807) is 0 Å². The third-order valence-electron chi connectivity index (χ3n) is 5.22. The molecular weight excluding hydrogens is 324 g/mol. The lowest BCUT2D eigenvalue weighted by Crippen LogP contribution is -2.36. The number of amides is 1. The summed E-state index contributed by atoms with van der Waals surface area (Å²) in [5.74, 6) is 0.00569. The summed E-state index contributed by atoms with van der Waals surface area (Å²) in [4.78, 5) is 15.3. The van der Waals surface area contributed by atoms with Gasteiger partial charge in [-0.15, -0.1) is 0 Å². The molecule has 26 heavy (non-hydrogen) atoms. The highest BCUT2D eigenvalue weighted by Gasteiger charge is 2.11. The molecule has 0 atom stereocenters. The first-order valence-electron chi connectivity index (χ1n) is 10.1. The molecule has 2 aromatic rings. The van der Waals surface area contributed by atoms with E-state index >= 15 is 0 Å². The summed E-state index contributed by atoms with van der Waals surface area (Å²) in [5, 5.41) is 11.3. The molecule has 1 aromatic carbocycles. The minimum Gasteiger partial charge on any atom is -0.361 e. The second kappa shape index (κ2) is 10.3. The van der Waals surface area contributed by atoms with Crippen molar-refractivity contribution in [3.05, 3.63) is 36.0 Å². The maximum Gasteiger partial charge on any atom is 0.251 e. The lowest BCUT2D eigenvalue weighted by atomic mass is 9.95. The molecule has 0 bridgehead atoms. The second-order valence-electron chi connectivity index (χ2n) is 7.28. The molecule has 0 radical (unpaired) electrons. The molecule has 0 unspecified atom stereocenters. The van der Waals surface area contributed by atoms with E-state index in [0.29, 0.717) is 5.56 Å². The Labute approximate surface area is 156 Å². The lowest BCUT2D eigenvalue weighted by molar-refractivity contribution is 0.0953. The van der Waals surface area contributed by atoms with Crippen molar-refractivity contribution in [1.82, 2.24) is 20.9 Å². The van der Waals surface area contributed by atoms with E-state index in [-0.39, 0.29) is 5.91 Å². The molecule has 4 N–H and O–H groups in total. The third-order valence-corrected chi connectivity index (χ3v) is 5.22. The molecule has 1 fully saturated rings. The highest BCUT2D eigenvalue weighted by atomic mass is 16.1. The van der Waals surface area contributed by atoms with Gasteiger partial charge in [0.05, 0.1) is 0 Å². The van der Waals surface area contributed by atoms with E-state index in [1.807, 2.05) is 30.5 Å². The SMILES string of the molecule is O=C(NCCCCNCCNC1CCCCC1)c1ccc2cc[nH]c2c1. The van der Waals surface area contributed by atoms with Crippen LogP contribution in [0.15, 0.2) is 30.5 Å². The quantitative estimate of drug-likeness (QED) is 0.494. The average Bonchev–Trinajstić information content (AvgIpc) is 3.15. The largest absolute Gasteiger partial charge is 0.361 e. The predicted octanol–water partition coefficient (Wildman–Crippen LogP) is 3.19. The number of hydrogen-bond donors (Lipinski definition) is 4. The standard InChI is InChI=1S/C21H32N4O/c26-21(18-9-8-17-10-13-24-20(17)16-18)25-12-5-4-11-22-14-15-23-19-6-2-1-3-7-19/h8-10,13,16,19,22-24H,1-7,11-12,14-15H2,(H,25,26). The van der Waals surface area contributed by atoms with Gasteiger partial charge in [0.15, 0.2) is 0 Å². The van der Waals surface area contributed by atoms with Gasteiger partial charge in [-0.3, -0.25) is 4.79 Å². The van der Waals surface area contributed by atoms with Crippen molar-refractivity contribution in [2.75, 3.05) is 26.2 Å². The van der Waals surface area contributed by atoms with Crippen molar-refractivity contribution in [3.8, 4) is 0 Å². The van der Waals surface area contributed by atoms with Crippen LogP contribution >= 0.6 is 0 Å². The Hall–Kier alpha value is -1.85. The number of carbonyl (C=O) groups excluding carboxylic acids is 1. The van der Waals surface area contributed by atoms with E-state index in [2.05, 4.69) is 20.9 Å². The molecule has 1 heterocycles. The van der Waals surface area contributed by atoms with E-state index in [9.17, 15) is 4.79 Å². The molecule has 1 amide bonds. The van der Waals surface area contributed by atoms with Crippen LogP contribution in [0.4, 0.5) is 0 Å². The number of unbranched alkanes of at least 4 members (excludes halogenated alkanes) is 1. The summed E-state index contributed by atoms with van der Waals surface area (Å²) in [6.45, 7) is 3.82. The van der Waals surface area contributed by atoms with Crippen LogP contribution < -0.4 is 16.0 Å². The Kier molecular flexibility index (Phi) is 7.52. The normalized spacial score (nSPS) is 15.4. The maximum absolute atomic E-state index is 12.2. The van der Waals surface area contributed by atoms with Crippen LogP contribution in [0.3, 0.4) is 0 Å². The molecular formula is C21H32N4O. The van der Waals surface area contributed by atoms with Crippen LogP contribution in [-0.2, 0) is 0 Å². The minimum absolute atomic E-state index is 0.00569. The Bertz CT molecular complexity index is 675. The summed E-state index contributed by atoms with van der Waals surface area (Å²) < 4.78 is 0. The highest BCUT2D eigenvalue weighted by molar-refractivity contribution is 5.97. The Morgan fingerprint density at radius 2 is 1.85 bits per heavy atom. The first-order chi connectivity index (χ1) is 12.8. The molecule has 1 aliphatic carbocycles. The summed E-state index contributed by atoms with van der Waals surface area (Å²) >= 11 is 0. The Balaban J connectivity index is 1.20. The third kappa shape index (κ3) is 5.85. The van der Waals surface area contributed by atoms with Crippen LogP contribution in [0.2, 0.25) is 0 Å². The number of H-pyrrole nitrogens is 1. The number of fused-ring (bicyclic) bond motifs is 1. The van der Waals surface area contributed by atoms with Crippen molar-refractivity contribution >= 4 is 16.8 Å². The molecule has 3 rings (SSSR count). The van der Waals surface area contributed by atoms with E-state index in [4.69, 9.17) is 0 Å².